The summed E-state index contributed by atoms with van der Waals surface area (Å²) >= 11 is 5.72. The van der Waals surface area contributed by atoms with E-state index >= 15 is 0 Å². The van der Waals surface area contributed by atoms with E-state index in [1.807, 2.05) is 0 Å². The molecule has 8 heteroatoms. The number of carbonyl (C=O) groups is 1. The maximum Gasteiger partial charge on any atom is 0.287 e. The molecule has 110 valence electrons. The molecule has 0 atom stereocenters. The average molecular weight is 303 g/mol. The van der Waals surface area contributed by atoms with Crippen LogP contribution in [-0.2, 0) is 0 Å². The molecule has 7 nitrogen and oxygen atoms in total. The van der Waals surface area contributed by atoms with Crippen LogP contribution in [0.3, 0.4) is 0 Å². The van der Waals surface area contributed by atoms with Crippen molar-refractivity contribution in [3.05, 3.63) is 38.9 Å². The highest BCUT2D eigenvalue weighted by Gasteiger charge is 2.29. The van der Waals surface area contributed by atoms with Gasteiger partial charge in [0.25, 0.3) is 11.6 Å². The number of aliphatic hydroxyl groups is 2. The molecule has 0 aliphatic rings. The normalized spacial score (nSPS) is 11.2. The van der Waals surface area contributed by atoms with E-state index in [2.05, 4.69) is 5.32 Å². The van der Waals surface area contributed by atoms with Crippen LogP contribution in [0, 0.1) is 10.1 Å². The van der Waals surface area contributed by atoms with Crippen molar-refractivity contribution >= 4 is 23.2 Å². The van der Waals surface area contributed by atoms with Crippen LogP contribution in [0.2, 0.25) is 5.02 Å². The summed E-state index contributed by atoms with van der Waals surface area (Å²) in [4.78, 5) is 22.0. The van der Waals surface area contributed by atoms with E-state index in [1.165, 1.54) is 12.1 Å². The molecule has 0 spiro atoms. The number of nitrogens with zero attached hydrogens (tertiary/aromatic N) is 1. The van der Waals surface area contributed by atoms with Gasteiger partial charge in [-0.15, -0.1) is 0 Å². The van der Waals surface area contributed by atoms with Crippen molar-refractivity contribution in [3.63, 3.8) is 0 Å². The summed E-state index contributed by atoms with van der Waals surface area (Å²) in [6.45, 7) is 0.856. The first-order valence-corrected chi connectivity index (χ1v) is 6.25. The van der Waals surface area contributed by atoms with E-state index in [4.69, 9.17) is 11.6 Å². The summed E-state index contributed by atoms with van der Waals surface area (Å²) in [5, 5.41) is 31.5. The van der Waals surface area contributed by atoms with E-state index < -0.39 is 29.6 Å². The van der Waals surface area contributed by atoms with Gasteiger partial charge in [0, 0.05) is 11.6 Å². The van der Waals surface area contributed by atoms with Gasteiger partial charge in [-0.1, -0.05) is 18.5 Å². The van der Waals surface area contributed by atoms with E-state index in [1.54, 1.807) is 6.92 Å². The third kappa shape index (κ3) is 3.44. The Bertz CT molecular complexity index is 508. The van der Waals surface area contributed by atoms with E-state index in [-0.39, 0.29) is 16.3 Å². The largest absolute Gasteiger partial charge is 0.394 e. The molecule has 0 saturated carbocycles. The van der Waals surface area contributed by atoms with Gasteiger partial charge in [-0.05, 0) is 18.6 Å². The minimum Gasteiger partial charge on any atom is -0.394 e. The fourth-order valence-corrected chi connectivity index (χ4v) is 1.80. The Morgan fingerprint density at radius 1 is 1.45 bits per heavy atom. The molecule has 0 aliphatic heterocycles. The third-order valence-corrected chi connectivity index (χ3v) is 3.37. The predicted molar refractivity (Wildman–Crippen MR) is 72.8 cm³/mol. The quantitative estimate of drug-likeness (QED) is 0.538. The van der Waals surface area contributed by atoms with Gasteiger partial charge in [0.1, 0.15) is 5.02 Å². The number of rotatable bonds is 6. The monoisotopic (exact) mass is 302 g/mol. The van der Waals surface area contributed by atoms with E-state index in [0.29, 0.717) is 6.42 Å². The molecule has 0 aromatic heterocycles. The number of amides is 1. The van der Waals surface area contributed by atoms with Crippen LogP contribution in [0.25, 0.3) is 0 Å². The van der Waals surface area contributed by atoms with Gasteiger partial charge >= 0.3 is 0 Å². The lowest BCUT2D eigenvalue weighted by Crippen LogP contribution is -2.53. The smallest absolute Gasteiger partial charge is 0.287 e. The molecule has 1 aromatic carbocycles. The number of halogens is 1. The van der Waals surface area contributed by atoms with Gasteiger partial charge in [-0.2, -0.15) is 0 Å². The number of nitro groups is 1. The lowest BCUT2D eigenvalue weighted by Gasteiger charge is -2.29. The zero-order valence-electron chi connectivity index (χ0n) is 10.8. The minimum absolute atomic E-state index is 0.111. The minimum atomic E-state index is -1.13. The van der Waals surface area contributed by atoms with Gasteiger partial charge in [-0.25, -0.2) is 0 Å². The molecule has 1 rings (SSSR count). The standard InChI is InChI=1S/C12H15ClN2O5/c1-2-12(6-16,7-17)14-11(18)8-3-4-10(15(19)20)9(13)5-8/h3-5,16-17H,2,6-7H2,1H3,(H,14,18). The first-order chi connectivity index (χ1) is 9.39. The van der Waals surface area contributed by atoms with E-state index in [0.717, 1.165) is 6.07 Å². The Morgan fingerprint density at radius 3 is 2.45 bits per heavy atom. The van der Waals surface area contributed by atoms with E-state index in [9.17, 15) is 25.1 Å². The molecular weight excluding hydrogens is 288 g/mol. The average Bonchev–Trinajstić information content (AvgIpc) is 2.44. The van der Waals surface area contributed by atoms with Crippen molar-refractivity contribution in [1.29, 1.82) is 0 Å². The van der Waals surface area contributed by atoms with Gasteiger partial charge in [0.15, 0.2) is 0 Å². The topological polar surface area (TPSA) is 113 Å². The van der Waals surface area contributed by atoms with Crippen LogP contribution in [0.15, 0.2) is 18.2 Å². The highest BCUT2D eigenvalue weighted by atomic mass is 35.5. The molecular formula is C12H15ClN2O5. The zero-order chi connectivity index (χ0) is 15.3. The number of hydrogen-bond donors (Lipinski definition) is 3. The summed E-state index contributed by atoms with van der Waals surface area (Å²) in [7, 11) is 0. The number of nitro benzene ring substituents is 1. The fourth-order valence-electron chi connectivity index (χ4n) is 1.55. The summed E-state index contributed by atoms with van der Waals surface area (Å²) in [5.74, 6) is -0.577. The highest BCUT2D eigenvalue weighted by molar-refractivity contribution is 6.33. The first-order valence-electron chi connectivity index (χ1n) is 5.87. The number of carbonyl (C=O) groups excluding carboxylic acids is 1. The van der Waals surface area contributed by atoms with Crippen molar-refractivity contribution in [2.24, 2.45) is 0 Å². The van der Waals surface area contributed by atoms with Crippen molar-refractivity contribution < 1.29 is 19.9 Å². The molecule has 0 aliphatic carbocycles. The Morgan fingerprint density at radius 2 is 2.05 bits per heavy atom. The zero-order valence-corrected chi connectivity index (χ0v) is 11.6. The lowest BCUT2D eigenvalue weighted by atomic mass is 9.98. The summed E-state index contributed by atoms with van der Waals surface area (Å²) in [6.07, 6.45) is 0.326. The van der Waals surface area contributed by atoms with Gasteiger partial charge in [-0.3, -0.25) is 14.9 Å². The summed E-state index contributed by atoms with van der Waals surface area (Å²) < 4.78 is 0. The molecule has 0 heterocycles. The molecule has 0 bridgehead atoms. The molecule has 20 heavy (non-hydrogen) atoms. The lowest BCUT2D eigenvalue weighted by molar-refractivity contribution is -0.384. The number of benzene rings is 1. The van der Waals surface area contributed by atoms with Gasteiger partial charge < -0.3 is 15.5 Å². The van der Waals surface area contributed by atoms with Crippen molar-refractivity contribution in [2.75, 3.05) is 13.2 Å². The Kier molecular flexibility index (Phi) is 5.43. The fraction of sp³-hybridized carbons (Fsp3) is 0.417. The van der Waals surface area contributed by atoms with Crippen LogP contribution < -0.4 is 5.32 Å². The summed E-state index contributed by atoms with van der Waals surface area (Å²) in [5.41, 5.74) is -1.32. The Balaban J connectivity index is 2.99. The Hall–Kier alpha value is -1.70. The van der Waals surface area contributed by atoms with Crippen molar-refractivity contribution in [2.45, 2.75) is 18.9 Å². The second-order valence-electron chi connectivity index (χ2n) is 4.33. The first kappa shape index (κ1) is 16.4. The van der Waals surface area contributed by atoms with Crippen LogP contribution in [0.5, 0.6) is 0 Å². The SMILES string of the molecule is CCC(CO)(CO)NC(=O)c1ccc([N+](=O)[O-])c(Cl)c1. The predicted octanol–water partition coefficient (Wildman–Crippen LogP) is 1.11. The van der Waals surface area contributed by atoms with Gasteiger partial charge in [0.05, 0.1) is 23.7 Å². The molecule has 0 radical (unpaired) electrons. The van der Waals surface area contributed by atoms with Gasteiger partial charge in [0.2, 0.25) is 0 Å². The molecule has 0 fully saturated rings. The van der Waals surface area contributed by atoms with Crippen LogP contribution >= 0.6 is 11.6 Å². The van der Waals surface area contributed by atoms with Crippen LogP contribution in [0.1, 0.15) is 23.7 Å². The highest BCUT2D eigenvalue weighted by Crippen LogP contribution is 2.25. The molecule has 1 amide bonds. The molecule has 0 saturated heterocycles. The Labute approximate surface area is 120 Å². The molecule has 3 N–H and O–H groups in total. The maximum atomic E-state index is 12.0. The number of aliphatic hydroxyl groups excluding tert-OH is 2. The third-order valence-electron chi connectivity index (χ3n) is 3.07. The summed E-state index contributed by atoms with van der Waals surface area (Å²) in [6, 6.07) is 3.56. The number of nitrogens with one attached hydrogen (secondary N) is 1. The second kappa shape index (κ2) is 6.65. The maximum absolute atomic E-state index is 12.0. The van der Waals surface area contributed by atoms with Crippen molar-refractivity contribution in [1.82, 2.24) is 5.32 Å². The number of hydrogen-bond acceptors (Lipinski definition) is 5. The molecule has 0 unspecified atom stereocenters. The molecule has 1 aromatic rings. The second-order valence-corrected chi connectivity index (χ2v) is 4.73. The van der Waals surface area contributed by atoms with Crippen LogP contribution in [-0.4, -0.2) is 39.8 Å². The van der Waals surface area contributed by atoms with Crippen LogP contribution in [0.4, 0.5) is 5.69 Å². The van der Waals surface area contributed by atoms with Crippen molar-refractivity contribution in [3.8, 4) is 0 Å².